The summed E-state index contributed by atoms with van der Waals surface area (Å²) < 4.78 is 154. The molecule has 0 saturated carbocycles. The molecule has 0 bridgehead atoms. The highest BCUT2D eigenvalue weighted by Crippen LogP contribution is 2.47. The van der Waals surface area contributed by atoms with Crippen LogP contribution in [0.3, 0.4) is 0 Å². The van der Waals surface area contributed by atoms with Crippen LogP contribution >= 0.6 is 0 Å². The molecule has 0 aliphatic carbocycles. The van der Waals surface area contributed by atoms with Gasteiger partial charge in [0.05, 0.1) is 28.7 Å². The van der Waals surface area contributed by atoms with Crippen LogP contribution in [0.1, 0.15) is 63.0 Å². The van der Waals surface area contributed by atoms with E-state index in [2.05, 4.69) is 5.32 Å². The third kappa shape index (κ3) is 10.0. The molecule has 1 atom stereocenters. The number of nitrogens with one attached hydrogen (secondary N) is 1. The van der Waals surface area contributed by atoms with Crippen molar-refractivity contribution >= 4 is 21.4 Å². The summed E-state index contributed by atoms with van der Waals surface area (Å²) in [7, 11) is -4.33. The van der Waals surface area contributed by atoms with E-state index in [4.69, 9.17) is 5.26 Å². The third-order valence-corrected chi connectivity index (χ3v) is 7.86. The van der Waals surface area contributed by atoms with E-state index in [0.717, 1.165) is 19.1 Å². The van der Waals surface area contributed by atoms with Crippen molar-refractivity contribution < 1.29 is 62.2 Å². The Hall–Kier alpha value is -2.61. The van der Waals surface area contributed by atoms with Crippen LogP contribution in [0, 0.1) is 11.3 Å². The maximum atomic E-state index is 13.5. The topological polar surface area (TPSA) is 107 Å². The molecule has 0 spiro atoms. The average molecular weight is 631 g/mol. The van der Waals surface area contributed by atoms with Crippen LogP contribution in [0.25, 0.3) is 0 Å². The Labute approximate surface area is 229 Å². The van der Waals surface area contributed by atoms with Gasteiger partial charge in [-0.2, -0.15) is 44.8 Å². The average Bonchev–Trinajstić information content (AvgIpc) is 2.86. The van der Waals surface area contributed by atoms with Crippen LogP contribution < -0.4 is 5.32 Å². The molecule has 0 unspecified atom stereocenters. The van der Waals surface area contributed by atoms with E-state index in [1.807, 2.05) is 0 Å². The summed E-state index contributed by atoms with van der Waals surface area (Å²) in [6.07, 6.45) is -6.16. The number of nitriles is 1. The molecule has 0 radical (unpaired) electrons. The number of alkyl halides is 10. The number of unbranched alkanes of at least 4 members (excludes halogenated alkanes) is 4. The lowest BCUT2D eigenvalue weighted by atomic mass is 9.96. The molecule has 0 aliphatic heterocycles. The molecule has 0 fully saturated rings. The number of aliphatic hydroxyl groups is 1. The SMILES string of the molecule is C[C@](O)(CCCCCCCS(=O)(=O)CCC(F)(F)C(F)(F)C(F)(F)CF)C(=O)Nc1ccc(C#N)c(C(F)(F)F)c1. The van der Waals surface area contributed by atoms with Gasteiger partial charge in [-0.1, -0.05) is 25.7 Å². The van der Waals surface area contributed by atoms with Gasteiger partial charge in [-0.3, -0.25) is 4.79 Å². The number of carbonyl (C=O) groups excluding carboxylic acids is 1. The molecule has 0 saturated heterocycles. The summed E-state index contributed by atoms with van der Waals surface area (Å²) in [6.45, 7) is -1.94. The molecule has 0 aromatic heterocycles. The van der Waals surface area contributed by atoms with Crippen molar-refractivity contribution in [1.29, 1.82) is 5.26 Å². The van der Waals surface area contributed by atoms with E-state index < -0.39 is 81.0 Å². The van der Waals surface area contributed by atoms with Gasteiger partial charge < -0.3 is 10.4 Å². The largest absolute Gasteiger partial charge is 0.417 e. The molecule has 1 rings (SSSR count). The van der Waals surface area contributed by atoms with Crippen molar-refractivity contribution in [3.05, 3.63) is 29.3 Å². The number of benzene rings is 1. The van der Waals surface area contributed by atoms with Gasteiger partial charge in [-0.05, 0) is 38.0 Å². The Morgan fingerprint density at radius 2 is 1.46 bits per heavy atom. The number of sulfone groups is 1. The lowest BCUT2D eigenvalue weighted by Gasteiger charge is -2.31. The normalized spacial score (nSPS) is 14.8. The van der Waals surface area contributed by atoms with Gasteiger partial charge in [0.25, 0.3) is 5.91 Å². The van der Waals surface area contributed by atoms with Crippen molar-refractivity contribution in [1.82, 2.24) is 0 Å². The molecule has 234 valence electrons. The summed E-state index contributed by atoms with van der Waals surface area (Å²) in [4.78, 5) is 12.4. The second-order valence-electron chi connectivity index (χ2n) is 9.63. The standard InChI is InChI=1S/C24H28F10N2O4S/c1-20(38,19(37)36-17-8-7-16(14-35)18(13-17)23(30,31)32)9-5-3-2-4-6-11-41(39,40)12-10-21(26,27)24(33,34)22(28,29)15-25/h7-8,13,38H,2-6,9-12,15H2,1H3,(H,36,37)/t20-/m0/s1. The molecule has 2 N–H and O–H groups in total. The molecule has 6 nitrogen and oxygen atoms in total. The van der Waals surface area contributed by atoms with E-state index in [0.29, 0.717) is 18.9 Å². The summed E-state index contributed by atoms with van der Waals surface area (Å²) in [6, 6.07) is 3.85. The molecule has 0 aliphatic rings. The van der Waals surface area contributed by atoms with Crippen LogP contribution in [-0.2, 0) is 20.8 Å². The van der Waals surface area contributed by atoms with Gasteiger partial charge in [0, 0.05) is 12.1 Å². The zero-order valence-electron chi connectivity index (χ0n) is 21.6. The van der Waals surface area contributed by atoms with Crippen molar-refractivity contribution in [3.63, 3.8) is 0 Å². The number of carbonyl (C=O) groups is 1. The Morgan fingerprint density at radius 3 is 2.00 bits per heavy atom. The highest BCUT2D eigenvalue weighted by molar-refractivity contribution is 7.91. The fraction of sp³-hybridized carbons (Fsp3) is 0.667. The summed E-state index contributed by atoms with van der Waals surface area (Å²) >= 11 is 0. The fourth-order valence-electron chi connectivity index (χ4n) is 3.55. The minimum atomic E-state index is -6.09. The zero-order valence-corrected chi connectivity index (χ0v) is 22.4. The van der Waals surface area contributed by atoms with Gasteiger partial charge >= 0.3 is 23.9 Å². The number of hydrogen-bond acceptors (Lipinski definition) is 5. The summed E-state index contributed by atoms with van der Waals surface area (Å²) in [5.74, 6) is -20.5. The predicted octanol–water partition coefficient (Wildman–Crippen LogP) is 6.29. The van der Waals surface area contributed by atoms with E-state index in [1.54, 1.807) is 0 Å². The minimum Gasteiger partial charge on any atom is -0.380 e. The molecule has 1 aromatic rings. The number of hydrogen-bond donors (Lipinski definition) is 2. The predicted molar refractivity (Wildman–Crippen MR) is 127 cm³/mol. The molecule has 0 heterocycles. The van der Waals surface area contributed by atoms with E-state index >= 15 is 0 Å². The maximum Gasteiger partial charge on any atom is 0.417 e. The second kappa shape index (κ2) is 13.6. The quantitative estimate of drug-likeness (QED) is 0.165. The van der Waals surface area contributed by atoms with Crippen LogP contribution in [0.5, 0.6) is 0 Å². The van der Waals surface area contributed by atoms with Crippen molar-refractivity contribution in [2.75, 3.05) is 23.5 Å². The van der Waals surface area contributed by atoms with Gasteiger partial charge in [-0.25, -0.2) is 12.8 Å². The molecular weight excluding hydrogens is 602 g/mol. The van der Waals surface area contributed by atoms with Crippen LogP contribution in [-0.4, -0.2) is 61.0 Å². The Kier molecular flexibility index (Phi) is 12.1. The highest BCUT2D eigenvalue weighted by Gasteiger charge is 2.71. The van der Waals surface area contributed by atoms with Gasteiger partial charge in [0.2, 0.25) is 0 Å². The molecule has 1 aromatic carbocycles. The molecule has 17 heteroatoms. The van der Waals surface area contributed by atoms with Crippen molar-refractivity contribution in [2.45, 2.75) is 81.4 Å². The first-order valence-corrected chi connectivity index (χ1v) is 13.9. The third-order valence-electron chi connectivity index (χ3n) is 6.12. The fourth-order valence-corrected chi connectivity index (χ4v) is 4.96. The van der Waals surface area contributed by atoms with Gasteiger partial charge in [-0.15, -0.1) is 0 Å². The smallest absolute Gasteiger partial charge is 0.380 e. The monoisotopic (exact) mass is 630 g/mol. The number of nitrogens with zero attached hydrogens (tertiary/aromatic N) is 1. The van der Waals surface area contributed by atoms with Crippen molar-refractivity contribution in [3.8, 4) is 6.07 Å². The lowest BCUT2D eigenvalue weighted by molar-refractivity contribution is -0.312. The number of amides is 1. The lowest BCUT2D eigenvalue weighted by Crippen LogP contribution is -2.55. The first kappa shape index (κ1) is 36.4. The van der Waals surface area contributed by atoms with Crippen LogP contribution in [0.15, 0.2) is 18.2 Å². The first-order valence-electron chi connectivity index (χ1n) is 12.1. The Morgan fingerprint density at radius 1 is 0.902 bits per heavy atom. The molecule has 41 heavy (non-hydrogen) atoms. The van der Waals surface area contributed by atoms with E-state index in [1.165, 1.54) is 6.07 Å². The number of halogens is 10. The summed E-state index contributed by atoms with van der Waals surface area (Å²) in [5, 5.41) is 21.3. The number of anilines is 1. The van der Waals surface area contributed by atoms with Crippen molar-refractivity contribution in [2.24, 2.45) is 0 Å². The summed E-state index contributed by atoms with van der Waals surface area (Å²) in [5.41, 5.74) is -4.25. The maximum absolute atomic E-state index is 13.5. The zero-order chi connectivity index (χ0) is 31.9. The Bertz CT molecular complexity index is 1200. The van der Waals surface area contributed by atoms with E-state index in [-0.39, 0.29) is 31.4 Å². The molecule has 1 amide bonds. The molecular formula is C24H28F10N2O4S. The van der Waals surface area contributed by atoms with Crippen LogP contribution in [0.4, 0.5) is 49.6 Å². The highest BCUT2D eigenvalue weighted by atomic mass is 32.2. The number of rotatable bonds is 16. The van der Waals surface area contributed by atoms with Gasteiger partial charge in [0.1, 0.15) is 5.60 Å². The van der Waals surface area contributed by atoms with Crippen LogP contribution in [0.2, 0.25) is 0 Å². The Balaban J connectivity index is 2.49. The van der Waals surface area contributed by atoms with E-state index in [9.17, 15) is 62.2 Å². The van der Waals surface area contributed by atoms with Gasteiger partial charge in [0.15, 0.2) is 16.5 Å². The second-order valence-corrected chi connectivity index (χ2v) is 11.9. The minimum absolute atomic E-state index is 0.0952. The first-order chi connectivity index (χ1) is 18.5.